The Morgan fingerprint density at radius 2 is 1.84 bits per heavy atom. The van der Waals surface area contributed by atoms with Crippen LogP contribution in [-0.4, -0.2) is 19.6 Å². The zero-order valence-electron chi connectivity index (χ0n) is 10.8. The minimum Gasteiger partial charge on any atom is -0.317 e. The molecular weight excluding hydrogens is 321 g/mol. The molecule has 0 heterocycles. The SMILES string of the molecule is CCNCCCNCc1ccc(Br)c(C(F)(F)F)c1. The fourth-order valence-corrected chi connectivity index (χ4v) is 2.12. The van der Waals surface area contributed by atoms with Gasteiger partial charge in [0, 0.05) is 11.0 Å². The molecule has 2 N–H and O–H groups in total. The molecular formula is C13H18BrF3N2. The summed E-state index contributed by atoms with van der Waals surface area (Å²) in [6, 6.07) is 4.32. The monoisotopic (exact) mass is 338 g/mol. The molecule has 0 aliphatic heterocycles. The van der Waals surface area contributed by atoms with Crippen molar-refractivity contribution in [3.63, 3.8) is 0 Å². The van der Waals surface area contributed by atoms with Crippen LogP contribution in [0.15, 0.2) is 22.7 Å². The van der Waals surface area contributed by atoms with E-state index in [0.29, 0.717) is 12.1 Å². The Bertz CT molecular complexity index is 394. The van der Waals surface area contributed by atoms with Crippen molar-refractivity contribution in [1.29, 1.82) is 0 Å². The van der Waals surface area contributed by atoms with Crippen LogP contribution < -0.4 is 10.6 Å². The van der Waals surface area contributed by atoms with Gasteiger partial charge in [0.15, 0.2) is 0 Å². The predicted octanol–water partition coefficient (Wildman–Crippen LogP) is 3.56. The summed E-state index contributed by atoms with van der Waals surface area (Å²) in [5, 5.41) is 6.32. The van der Waals surface area contributed by atoms with Crippen molar-refractivity contribution in [3.8, 4) is 0 Å². The van der Waals surface area contributed by atoms with Gasteiger partial charge < -0.3 is 10.6 Å². The summed E-state index contributed by atoms with van der Waals surface area (Å²) in [6.45, 7) is 5.11. The lowest BCUT2D eigenvalue weighted by molar-refractivity contribution is -0.138. The molecule has 0 fully saturated rings. The van der Waals surface area contributed by atoms with E-state index in [9.17, 15) is 13.2 Å². The lowest BCUT2D eigenvalue weighted by Gasteiger charge is -2.11. The molecule has 0 aliphatic rings. The number of hydrogen-bond donors (Lipinski definition) is 2. The fraction of sp³-hybridized carbons (Fsp3) is 0.538. The van der Waals surface area contributed by atoms with Crippen molar-refractivity contribution in [2.45, 2.75) is 26.1 Å². The van der Waals surface area contributed by atoms with E-state index >= 15 is 0 Å². The minimum absolute atomic E-state index is 0.0795. The van der Waals surface area contributed by atoms with Gasteiger partial charge in [-0.05, 0) is 43.8 Å². The van der Waals surface area contributed by atoms with E-state index in [1.165, 1.54) is 12.1 Å². The van der Waals surface area contributed by atoms with Gasteiger partial charge in [-0.2, -0.15) is 13.2 Å². The van der Waals surface area contributed by atoms with Gasteiger partial charge in [0.25, 0.3) is 0 Å². The molecule has 2 nitrogen and oxygen atoms in total. The molecule has 0 radical (unpaired) electrons. The van der Waals surface area contributed by atoms with E-state index in [1.54, 1.807) is 6.07 Å². The molecule has 19 heavy (non-hydrogen) atoms. The first-order valence-corrected chi connectivity index (χ1v) is 7.01. The third kappa shape index (κ3) is 5.93. The first kappa shape index (κ1) is 16.5. The van der Waals surface area contributed by atoms with E-state index in [4.69, 9.17) is 0 Å². The zero-order valence-corrected chi connectivity index (χ0v) is 12.4. The lowest BCUT2D eigenvalue weighted by atomic mass is 10.1. The summed E-state index contributed by atoms with van der Waals surface area (Å²) in [5.41, 5.74) is 0.0124. The average molecular weight is 339 g/mol. The standard InChI is InChI=1S/C13H18BrF3N2/c1-2-18-6-3-7-19-9-10-4-5-12(14)11(8-10)13(15,16)17/h4-5,8,18-19H,2-3,6-7,9H2,1H3. The van der Waals surface area contributed by atoms with Crippen molar-refractivity contribution >= 4 is 15.9 Å². The second kappa shape index (κ2) is 7.87. The molecule has 0 saturated carbocycles. The molecule has 0 atom stereocenters. The van der Waals surface area contributed by atoms with E-state index in [1.807, 2.05) is 6.92 Å². The number of halogens is 4. The van der Waals surface area contributed by atoms with Gasteiger partial charge in [0.05, 0.1) is 5.56 Å². The van der Waals surface area contributed by atoms with Crippen LogP contribution in [0.25, 0.3) is 0 Å². The molecule has 108 valence electrons. The lowest BCUT2D eigenvalue weighted by Crippen LogP contribution is -2.21. The summed E-state index contributed by atoms with van der Waals surface area (Å²) >= 11 is 2.93. The maximum absolute atomic E-state index is 12.7. The van der Waals surface area contributed by atoms with Crippen molar-refractivity contribution < 1.29 is 13.2 Å². The molecule has 1 rings (SSSR count). The third-order valence-corrected chi connectivity index (χ3v) is 3.31. The van der Waals surface area contributed by atoms with Crippen LogP contribution in [0.2, 0.25) is 0 Å². The topological polar surface area (TPSA) is 24.1 Å². The largest absolute Gasteiger partial charge is 0.417 e. The normalized spacial score (nSPS) is 11.8. The van der Waals surface area contributed by atoms with Gasteiger partial charge in [-0.25, -0.2) is 0 Å². The smallest absolute Gasteiger partial charge is 0.317 e. The minimum atomic E-state index is -4.32. The summed E-state index contributed by atoms with van der Waals surface area (Å²) < 4.78 is 38.2. The number of rotatable bonds is 7. The van der Waals surface area contributed by atoms with Crippen LogP contribution in [0.3, 0.4) is 0 Å². The number of nitrogens with one attached hydrogen (secondary N) is 2. The summed E-state index contributed by atoms with van der Waals surface area (Å²) in [5.74, 6) is 0. The van der Waals surface area contributed by atoms with Crippen LogP contribution in [-0.2, 0) is 12.7 Å². The van der Waals surface area contributed by atoms with E-state index in [-0.39, 0.29) is 4.47 Å². The van der Waals surface area contributed by atoms with Crippen LogP contribution in [0.5, 0.6) is 0 Å². The fourth-order valence-electron chi connectivity index (χ4n) is 1.65. The molecule has 1 aromatic rings. The highest BCUT2D eigenvalue weighted by atomic mass is 79.9. The molecule has 6 heteroatoms. The Hall–Kier alpha value is -0.590. The van der Waals surface area contributed by atoms with Crippen LogP contribution >= 0.6 is 15.9 Å². The molecule has 0 bridgehead atoms. The highest BCUT2D eigenvalue weighted by Crippen LogP contribution is 2.35. The summed E-state index contributed by atoms with van der Waals surface area (Å²) in [6.07, 6.45) is -3.36. The molecule has 0 unspecified atom stereocenters. The first-order valence-electron chi connectivity index (χ1n) is 6.22. The molecule has 0 amide bonds. The molecule has 0 spiro atoms. The average Bonchev–Trinajstić information content (AvgIpc) is 2.34. The van der Waals surface area contributed by atoms with Crippen LogP contribution in [0.4, 0.5) is 13.2 Å². The molecule has 0 saturated heterocycles. The quantitative estimate of drug-likeness (QED) is 0.743. The second-order valence-electron chi connectivity index (χ2n) is 4.20. The second-order valence-corrected chi connectivity index (χ2v) is 5.05. The van der Waals surface area contributed by atoms with Crippen molar-refractivity contribution in [1.82, 2.24) is 10.6 Å². The van der Waals surface area contributed by atoms with Gasteiger partial charge in [0.1, 0.15) is 0 Å². The van der Waals surface area contributed by atoms with Gasteiger partial charge in [-0.15, -0.1) is 0 Å². The first-order chi connectivity index (χ1) is 8.95. The van der Waals surface area contributed by atoms with Crippen LogP contribution in [0, 0.1) is 0 Å². The third-order valence-electron chi connectivity index (χ3n) is 2.62. The van der Waals surface area contributed by atoms with Crippen molar-refractivity contribution in [2.24, 2.45) is 0 Å². The molecule has 1 aromatic carbocycles. The molecule has 0 aromatic heterocycles. The van der Waals surface area contributed by atoms with Gasteiger partial charge >= 0.3 is 6.18 Å². The van der Waals surface area contributed by atoms with Crippen molar-refractivity contribution in [3.05, 3.63) is 33.8 Å². The van der Waals surface area contributed by atoms with Gasteiger partial charge in [-0.1, -0.05) is 28.9 Å². The highest BCUT2D eigenvalue weighted by molar-refractivity contribution is 9.10. The van der Waals surface area contributed by atoms with E-state index < -0.39 is 11.7 Å². The van der Waals surface area contributed by atoms with Crippen molar-refractivity contribution in [2.75, 3.05) is 19.6 Å². The number of benzene rings is 1. The Morgan fingerprint density at radius 3 is 2.47 bits per heavy atom. The Labute approximate surface area is 119 Å². The predicted molar refractivity (Wildman–Crippen MR) is 74.0 cm³/mol. The van der Waals surface area contributed by atoms with Gasteiger partial charge in [-0.3, -0.25) is 0 Å². The number of hydrogen-bond acceptors (Lipinski definition) is 2. The Balaban J connectivity index is 2.47. The Kier molecular flexibility index (Phi) is 6.82. The summed E-state index contributed by atoms with van der Waals surface area (Å²) in [4.78, 5) is 0. The van der Waals surface area contributed by atoms with E-state index in [2.05, 4.69) is 26.6 Å². The Morgan fingerprint density at radius 1 is 1.16 bits per heavy atom. The maximum atomic E-state index is 12.7. The van der Waals surface area contributed by atoms with Gasteiger partial charge in [0.2, 0.25) is 0 Å². The van der Waals surface area contributed by atoms with Crippen LogP contribution in [0.1, 0.15) is 24.5 Å². The zero-order chi connectivity index (χ0) is 14.3. The number of alkyl halides is 3. The maximum Gasteiger partial charge on any atom is 0.417 e. The highest BCUT2D eigenvalue weighted by Gasteiger charge is 2.32. The van der Waals surface area contributed by atoms with E-state index in [0.717, 1.165) is 26.1 Å². The molecule has 0 aliphatic carbocycles. The summed E-state index contributed by atoms with van der Waals surface area (Å²) in [7, 11) is 0.